The number of hydrogen-bond acceptors (Lipinski definition) is 4. The molecule has 2 aromatic rings. The Morgan fingerprint density at radius 1 is 1.36 bits per heavy atom. The van der Waals surface area contributed by atoms with Crippen LogP contribution in [0.1, 0.15) is 28.9 Å². The molecule has 1 aliphatic heterocycles. The average molecular weight is 304 g/mol. The van der Waals surface area contributed by atoms with Gasteiger partial charge >= 0.3 is 0 Å². The molecule has 1 aliphatic rings. The highest BCUT2D eigenvalue weighted by atomic mass is 19.1. The van der Waals surface area contributed by atoms with Crippen molar-refractivity contribution in [3.63, 3.8) is 0 Å². The highest BCUT2D eigenvalue weighted by Crippen LogP contribution is 2.33. The number of carbonyl (C=O) groups excluding carboxylic acids is 1. The van der Waals surface area contributed by atoms with Crippen molar-refractivity contribution in [2.75, 3.05) is 13.1 Å². The van der Waals surface area contributed by atoms with Crippen LogP contribution in [0.2, 0.25) is 0 Å². The fraction of sp³-hybridized carbons (Fsp3) is 0.400. The Kier molecular flexibility index (Phi) is 3.66. The van der Waals surface area contributed by atoms with Gasteiger partial charge in [-0.05, 0) is 25.0 Å². The molecule has 1 amide bonds. The fourth-order valence-electron chi connectivity index (χ4n) is 2.77. The highest BCUT2D eigenvalue weighted by Gasteiger charge is 2.38. The molecular weight excluding hydrogens is 287 g/mol. The lowest BCUT2D eigenvalue weighted by molar-refractivity contribution is -0.0242. The summed E-state index contributed by atoms with van der Waals surface area (Å²) in [6.45, 7) is 0.695. The number of nitrogens with zero attached hydrogens (tertiary/aromatic N) is 4. The predicted molar refractivity (Wildman–Crippen MR) is 76.4 cm³/mol. The molecule has 7 heteroatoms. The third-order valence-electron chi connectivity index (χ3n) is 4.07. The van der Waals surface area contributed by atoms with E-state index in [4.69, 9.17) is 0 Å². The van der Waals surface area contributed by atoms with Gasteiger partial charge in [0.1, 0.15) is 5.69 Å². The Labute approximate surface area is 127 Å². The quantitative estimate of drug-likeness (QED) is 0.843. The van der Waals surface area contributed by atoms with Crippen LogP contribution >= 0.6 is 0 Å². The molecule has 116 valence electrons. The minimum absolute atomic E-state index is 0.172. The Balaban J connectivity index is 1.72. The molecule has 1 N–H and O–H groups in total. The number of hydrogen-bond donors (Lipinski definition) is 1. The molecule has 0 spiro atoms. The smallest absolute Gasteiger partial charge is 0.274 e. The Morgan fingerprint density at radius 3 is 2.68 bits per heavy atom. The summed E-state index contributed by atoms with van der Waals surface area (Å²) in [6.07, 6.45) is 3.60. The molecule has 0 aromatic carbocycles. The molecule has 0 atom stereocenters. The Morgan fingerprint density at radius 2 is 2.09 bits per heavy atom. The largest absolute Gasteiger partial charge is 0.385 e. The molecular formula is C15H17FN4O2. The van der Waals surface area contributed by atoms with Gasteiger partial charge in [0, 0.05) is 38.1 Å². The van der Waals surface area contributed by atoms with Crippen LogP contribution < -0.4 is 0 Å². The number of halogens is 1. The van der Waals surface area contributed by atoms with E-state index < -0.39 is 11.5 Å². The first-order chi connectivity index (χ1) is 10.5. The van der Waals surface area contributed by atoms with E-state index in [1.165, 1.54) is 6.20 Å². The summed E-state index contributed by atoms with van der Waals surface area (Å²) < 4.78 is 15.3. The summed E-state index contributed by atoms with van der Waals surface area (Å²) >= 11 is 0. The molecule has 22 heavy (non-hydrogen) atoms. The van der Waals surface area contributed by atoms with Crippen LogP contribution in [0.4, 0.5) is 4.39 Å². The minimum atomic E-state index is -1.28. The van der Waals surface area contributed by atoms with Crippen LogP contribution in [0.15, 0.2) is 30.6 Å². The number of amides is 1. The van der Waals surface area contributed by atoms with Gasteiger partial charge in [-0.1, -0.05) is 6.07 Å². The van der Waals surface area contributed by atoms with E-state index in [0.717, 1.165) is 0 Å². The van der Waals surface area contributed by atoms with Gasteiger partial charge in [0.2, 0.25) is 5.95 Å². The monoisotopic (exact) mass is 304 g/mol. The van der Waals surface area contributed by atoms with Crippen molar-refractivity contribution in [1.82, 2.24) is 19.7 Å². The maximum atomic E-state index is 13.8. The second-order valence-electron chi connectivity index (χ2n) is 5.54. The van der Waals surface area contributed by atoms with E-state index in [-0.39, 0.29) is 24.3 Å². The fourth-order valence-corrected chi connectivity index (χ4v) is 2.77. The second-order valence-corrected chi connectivity index (χ2v) is 5.54. The number of likely N-dealkylation sites (tertiary alicyclic amines) is 1. The number of rotatable bonds is 2. The van der Waals surface area contributed by atoms with Crippen LogP contribution in [0, 0.1) is 5.95 Å². The van der Waals surface area contributed by atoms with Gasteiger partial charge in [-0.25, -0.2) is 4.98 Å². The van der Waals surface area contributed by atoms with Gasteiger partial charge in [-0.15, -0.1) is 0 Å². The van der Waals surface area contributed by atoms with Crippen LogP contribution in [0.5, 0.6) is 0 Å². The number of aryl methyl sites for hydroxylation is 1. The highest BCUT2D eigenvalue weighted by molar-refractivity contribution is 5.92. The third kappa shape index (κ3) is 2.59. The van der Waals surface area contributed by atoms with Crippen molar-refractivity contribution in [3.8, 4) is 0 Å². The first-order valence-corrected chi connectivity index (χ1v) is 7.12. The molecule has 0 saturated carbocycles. The first-order valence-electron chi connectivity index (χ1n) is 7.12. The van der Waals surface area contributed by atoms with Crippen molar-refractivity contribution >= 4 is 5.91 Å². The van der Waals surface area contributed by atoms with Crippen molar-refractivity contribution in [3.05, 3.63) is 47.8 Å². The first kappa shape index (κ1) is 14.6. The molecule has 2 aromatic heterocycles. The Bertz CT molecular complexity index is 692. The summed E-state index contributed by atoms with van der Waals surface area (Å²) in [7, 11) is 1.75. The normalized spacial score (nSPS) is 17.5. The number of aliphatic hydroxyl groups is 1. The van der Waals surface area contributed by atoms with Crippen molar-refractivity contribution < 1.29 is 14.3 Å². The molecule has 3 heterocycles. The van der Waals surface area contributed by atoms with Gasteiger partial charge in [0.15, 0.2) is 0 Å². The molecule has 0 bridgehead atoms. The maximum Gasteiger partial charge on any atom is 0.274 e. The molecule has 3 rings (SSSR count). The zero-order valence-electron chi connectivity index (χ0n) is 12.2. The summed E-state index contributed by atoms with van der Waals surface area (Å²) in [5.41, 5.74) is -0.709. The second kappa shape index (κ2) is 5.49. The lowest BCUT2D eigenvalue weighted by Crippen LogP contribution is -2.45. The van der Waals surface area contributed by atoms with Gasteiger partial charge in [0.25, 0.3) is 5.91 Å². The molecule has 6 nitrogen and oxygen atoms in total. The SMILES string of the molecule is Cn1ccc(C(=O)N2CCC(O)(c3cccnc3F)CC2)n1. The molecule has 0 aliphatic carbocycles. The third-order valence-corrected chi connectivity index (χ3v) is 4.07. The zero-order valence-corrected chi connectivity index (χ0v) is 12.2. The molecule has 1 saturated heterocycles. The van der Waals surface area contributed by atoms with Crippen LogP contribution in [0.25, 0.3) is 0 Å². The maximum absolute atomic E-state index is 13.8. The van der Waals surface area contributed by atoms with Gasteiger partial charge in [-0.3, -0.25) is 9.48 Å². The number of aromatic nitrogens is 3. The lowest BCUT2D eigenvalue weighted by Gasteiger charge is -2.38. The van der Waals surface area contributed by atoms with E-state index in [0.29, 0.717) is 18.8 Å². The summed E-state index contributed by atoms with van der Waals surface area (Å²) in [5.74, 6) is -0.830. The lowest BCUT2D eigenvalue weighted by atomic mass is 9.85. The number of piperidine rings is 1. The average Bonchev–Trinajstić information content (AvgIpc) is 2.94. The zero-order chi connectivity index (χ0) is 15.7. The minimum Gasteiger partial charge on any atom is -0.385 e. The van der Waals surface area contributed by atoms with Crippen LogP contribution in [0.3, 0.4) is 0 Å². The van der Waals surface area contributed by atoms with Crippen molar-refractivity contribution in [1.29, 1.82) is 0 Å². The van der Waals surface area contributed by atoms with Crippen LogP contribution in [-0.2, 0) is 12.6 Å². The number of pyridine rings is 1. The standard InChI is InChI=1S/C15H17FN4O2/c1-19-8-4-12(18-19)14(21)20-9-5-15(22,6-10-20)11-3-2-7-17-13(11)16/h2-4,7-8,22H,5-6,9-10H2,1H3. The van der Waals surface area contributed by atoms with Gasteiger partial charge in [-0.2, -0.15) is 9.49 Å². The summed E-state index contributed by atoms with van der Waals surface area (Å²) in [5, 5.41) is 14.7. The van der Waals surface area contributed by atoms with E-state index >= 15 is 0 Å². The van der Waals surface area contributed by atoms with E-state index in [1.54, 1.807) is 41.0 Å². The van der Waals surface area contributed by atoms with E-state index in [2.05, 4.69) is 10.1 Å². The summed E-state index contributed by atoms with van der Waals surface area (Å²) in [4.78, 5) is 17.5. The Hall–Kier alpha value is -2.28. The van der Waals surface area contributed by atoms with Crippen molar-refractivity contribution in [2.45, 2.75) is 18.4 Å². The van der Waals surface area contributed by atoms with Crippen LogP contribution in [-0.4, -0.2) is 43.8 Å². The van der Waals surface area contributed by atoms with Gasteiger partial charge < -0.3 is 10.0 Å². The number of carbonyl (C=O) groups is 1. The summed E-state index contributed by atoms with van der Waals surface area (Å²) in [6, 6.07) is 4.80. The van der Waals surface area contributed by atoms with Gasteiger partial charge in [0.05, 0.1) is 5.60 Å². The molecule has 0 radical (unpaired) electrons. The predicted octanol–water partition coefficient (Wildman–Crippen LogP) is 1.08. The molecule has 0 unspecified atom stereocenters. The molecule has 1 fully saturated rings. The van der Waals surface area contributed by atoms with E-state index in [9.17, 15) is 14.3 Å². The van der Waals surface area contributed by atoms with E-state index in [1.807, 2.05) is 0 Å². The topological polar surface area (TPSA) is 71.2 Å². The van der Waals surface area contributed by atoms with Crippen molar-refractivity contribution in [2.24, 2.45) is 7.05 Å².